The molecule has 0 atom stereocenters. The van der Waals surface area contributed by atoms with Crippen molar-refractivity contribution in [1.82, 2.24) is 19.9 Å². The number of nitrogens with one attached hydrogen (secondary N) is 1. The van der Waals surface area contributed by atoms with E-state index in [1.807, 2.05) is 24.8 Å². The van der Waals surface area contributed by atoms with Crippen LogP contribution in [0.4, 0.5) is 0 Å². The van der Waals surface area contributed by atoms with Gasteiger partial charge in [-0.3, -0.25) is 4.98 Å². The maximum atomic E-state index is 4.29. The Balaban J connectivity index is 1.71. The molecule has 4 nitrogen and oxygen atoms in total. The normalized spacial score (nSPS) is 11.8. The van der Waals surface area contributed by atoms with Crippen LogP contribution in [0.1, 0.15) is 38.4 Å². The van der Waals surface area contributed by atoms with Crippen molar-refractivity contribution in [2.45, 2.75) is 46.7 Å². The Morgan fingerprint density at radius 3 is 2.76 bits per heavy atom. The number of nitrogens with zero attached hydrogens (tertiary/aromatic N) is 3. The Hall–Kier alpha value is -1.68. The van der Waals surface area contributed by atoms with E-state index in [0.717, 1.165) is 32.5 Å². The second kappa shape index (κ2) is 7.36. The summed E-state index contributed by atoms with van der Waals surface area (Å²) in [5.41, 5.74) is 2.86. The van der Waals surface area contributed by atoms with Gasteiger partial charge in [-0.2, -0.15) is 0 Å². The van der Waals surface area contributed by atoms with E-state index < -0.39 is 0 Å². The molecular weight excluding hydrogens is 260 g/mol. The zero-order chi connectivity index (χ0) is 15.1. The number of hydrogen-bond donors (Lipinski definition) is 1. The Labute approximate surface area is 127 Å². The van der Waals surface area contributed by atoms with Gasteiger partial charge in [0.2, 0.25) is 0 Å². The highest BCUT2D eigenvalue weighted by atomic mass is 15.0. The van der Waals surface area contributed by atoms with Crippen molar-refractivity contribution in [1.29, 1.82) is 0 Å². The first-order valence-electron chi connectivity index (χ1n) is 7.63. The molecule has 2 rings (SSSR count). The number of aryl methyl sites for hydroxylation is 1. The van der Waals surface area contributed by atoms with E-state index in [4.69, 9.17) is 0 Å². The van der Waals surface area contributed by atoms with E-state index in [2.05, 4.69) is 46.7 Å². The quantitative estimate of drug-likeness (QED) is 0.796. The molecule has 0 aliphatic rings. The van der Waals surface area contributed by atoms with Gasteiger partial charge in [-0.25, -0.2) is 4.98 Å². The van der Waals surface area contributed by atoms with Gasteiger partial charge in [0.05, 0.1) is 6.33 Å². The monoisotopic (exact) mass is 286 g/mol. The highest BCUT2D eigenvalue weighted by Gasteiger charge is 2.14. The van der Waals surface area contributed by atoms with Crippen molar-refractivity contribution in [2.75, 3.05) is 6.54 Å². The Bertz CT molecular complexity index is 525. The number of aromatic nitrogens is 3. The number of rotatable bonds is 7. The van der Waals surface area contributed by atoms with Crippen molar-refractivity contribution in [3.8, 4) is 0 Å². The molecule has 0 saturated heterocycles. The Morgan fingerprint density at radius 1 is 1.19 bits per heavy atom. The summed E-state index contributed by atoms with van der Waals surface area (Å²) >= 11 is 0. The van der Waals surface area contributed by atoms with Crippen LogP contribution < -0.4 is 5.32 Å². The van der Waals surface area contributed by atoms with Gasteiger partial charge in [0.15, 0.2) is 0 Å². The van der Waals surface area contributed by atoms with Crippen LogP contribution in [0.3, 0.4) is 0 Å². The minimum Gasteiger partial charge on any atom is -0.335 e. The molecule has 114 valence electrons. The fourth-order valence-corrected chi connectivity index (χ4v) is 2.35. The van der Waals surface area contributed by atoms with Crippen LogP contribution in [-0.4, -0.2) is 21.1 Å². The molecule has 0 aromatic carbocycles. The maximum absolute atomic E-state index is 4.29. The van der Waals surface area contributed by atoms with Gasteiger partial charge in [-0.1, -0.05) is 26.8 Å². The molecule has 0 unspecified atom stereocenters. The molecule has 2 aromatic rings. The molecule has 2 heterocycles. The summed E-state index contributed by atoms with van der Waals surface area (Å²) in [5, 5.41) is 3.46. The van der Waals surface area contributed by atoms with Gasteiger partial charge in [0.1, 0.15) is 0 Å². The summed E-state index contributed by atoms with van der Waals surface area (Å²) in [4.78, 5) is 8.40. The SMILES string of the molecule is CC(C)(C)Cc1cncn1CCCNCc1cccnc1. The molecule has 0 saturated carbocycles. The minimum atomic E-state index is 0.302. The van der Waals surface area contributed by atoms with Crippen molar-refractivity contribution in [2.24, 2.45) is 5.41 Å². The average Bonchev–Trinajstić information content (AvgIpc) is 2.85. The molecule has 0 aliphatic heterocycles. The van der Waals surface area contributed by atoms with Crippen LogP contribution in [0.15, 0.2) is 37.1 Å². The summed E-state index contributed by atoms with van der Waals surface area (Å²) in [5.74, 6) is 0. The zero-order valence-electron chi connectivity index (χ0n) is 13.3. The number of hydrogen-bond acceptors (Lipinski definition) is 3. The van der Waals surface area contributed by atoms with Crippen molar-refractivity contribution in [3.05, 3.63) is 48.3 Å². The highest BCUT2D eigenvalue weighted by molar-refractivity contribution is 5.07. The largest absolute Gasteiger partial charge is 0.335 e. The van der Waals surface area contributed by atoms with E-state index in [0.29, 0.717) is 5.41 Å². The van der Waals surface area contributed by atoms with Crippen molar-refractivity contribution < 1.29 is 0 Å². The van der Waals surface area contributed by atoms with Gasteiger partial charge >= 0.3 is 0 Å². The molecule has 0 bridgehead atoms. The van der Waals surface area contributed by atoms with Crippen LogP contribution in [0.2, 0.25) is 0 Å². The summed E-state index contributed by atoms with van der Waals surface area (Å²) < 4.78 is 2.27. The molecule has 0 aliphatic carbocycles. The predicted molar refractivity (Wildman–Crippen MR) is 85.9 cm³/mol. The molecule has 21 heavy (non-hydrogen) atoms. The van der Waals surface area contributed by atoms with E-state index in [-0.39, 0.29) is 0 Å². The van der Waals surface area contributed by atoms with Crippen LogP contribution >= 0.6 is 0 Å². The fraction of sp³-hybridized carbons (Fsp3) is 0.529. The lowest BCUT2D eigenvalue weighted by molar-refractivity contribution is 0.396. The van der Waals surface area contributed by atoms with Crippen LogP contribution in [0, 0.1) is 5.41 Å². The standard InChI is InChI=1S/C17H26N4/c1-17(2,3)10-16-13-20-14-21(16)9-5-8-19-12-15-6-4-7-18-11-15/h4,6-7,11,13-14,19H,5,8-10,12H2,1-3H3. The van der Waals surface area contributed by atoms with E-state index in [9.17, 15) is 0 Å². The third kappa shape index (κ3) is 5.68. The third-order valence-electron chi connectivity index (χ3n) is 3.31. The van der Waals surface area contributed by atoms with Crippen molar-refractivity contribution in [3.63, 3.8) is 0 Å². The van der Waals surface area contributed by atoms with Gasteiger partial charge in [0.25, 0.3) is 0 Å². The molecule has 0 fully saturated rings. The van der Waals surface area contributed by atoms with Gasteiger partial charge in [-0.05, 0) is 36.4 Å². The molecule has 1 N–H and O–H groups in total. The number of imidazole rings is 1. The topological polar surface area (TPSA) is 42.7 Å². The summed E-state index contributed by atoms with van der Waals surface area (Å²) in [6.45, 7) is 9.69. The Kier molecular flexibility index (Phi) is 5.51. The summed E-state index contributed by atoms with van der Waals surface area (Å²) in [6.07, 6.45) is 9.82. The third-order valence-corrected chi connectivity index (χ3v) is 3.31. The molecule has 0 radical (unpaired) electrons. The Morgan fingerprint density at radius 2 is 2.05 bits per heavy atom. The predicted octanol–water partition coefficient (Wildman–Crippen LogP) is 3.05. The van der Waals surface area contributed by atoms with E-state index >= 15 is 0 Å². The van der Waals surface area contributed by atoms with E-state index in [1.165, 1.54) is 11.3 Å². The average molecular weight is 286 g/mol. The summed E-state index contributed by atoms with van der Waals surface area (Å²) in [6, 6.07) is 4.07. The molecule has 4 heteroatoms. The minimum absolute atomic E-state index is 0.302. The van der Waals surface area contributed by atoms with Crippen LogP contribution in [0.25, 0.3) is 0 Å². The van der Waals surface area contributed by atoms with Crippen LogP contribution in [-0.2, 0) is 19.5 Å². The lowest BCUT2D eigenvalue weighted by Gasteiger charge is -2.19. The van der Waals surface area contributed by atoms with Gasteiger partial charge in [0, 0.05) is 37.4 Å². The second-order valence-corrected chi connectivity index (χ2v) is 6.71. The van der Waals surface area contributed by atoms with Crippen LogP contribution in [0.5, 0.6) is 0 Å². The van der Waals surface area contributed by atoms with E-state index in [1.54, 1.807) is 6.20 Å². The van der Waals surface area contributed by atoms with Gasteiger partial charge in [-0.15, -0.1) is 0 Å². The van der Waals surface area contributed by atoms with Crippen molar-refractivity contribution >= 4 is 0 Å². The first-order chi connectivity index (χ1) is 10.0. The molecule has 2 aromatic heterocycles. The maximum Gasteiger partial charge on any atom is 0.0948 e. The van der Waals surface area contributed by atoms with Gasteiger partial charge < -0.3 is 9.88 Å². The lowest BCUT2D eigenvalue weighted by Crippen LogP contribution is -2.18. The smallest absolute Gasteiger partial charge is 0.0948 e. The number of pyridine rings is 1. The summed E-state index contributed by atoms with van der Waals surface area (Å²) in [7, 11) is 0. The first kappa shape index (κ1) is 15.7. The highest BCUT2D eigenvalue weighted by Crippen LogP contribution is 2.20. The molecular formula is C17H26N4. The first-order valence-corrected chi connectivity index (χ1v) is 7.63. The fourth-order valence-electron chi connectivity index (χ4n) is 2.35. The second-order valence-electron chi connectivity index (χ2n) is 6.71. The molecule has 0 amide bonds. The zero-order valence-corrected chi connectivity index (χ0v) is 13.3. The molecule has 0 spiro atoms. The lowest BCUT2D eigenvalue weighted by atomic mass is 9.91.